The first kappa shape index (κ1) is 16.9. The maximum Gasteiger partial charge on any atom is 0.238 e. The molecule has 1 fully saturated rings. The van der Waals surface area contributed by atoms with Crippen LogP contribution in [0.2, 0.25) is 0 Å². The van der Waals surface area contributed by atoms with E-state index < -0.39 is 0 Å². The first-order chi connectivity index (χ1) is 9.95. The van der Waals surface area contributed by atoms with Gasteiger partial charge >= 0.3 is 0 Å². The van der Waals surface area contributed by atoms with Gasteiger partial charge in [0.05, 0.1) is 24.9 Å². The third kappa shape index (κ3) is 5.03. The maximum atomic E-state index is 12.1. The number of nitrogens with two attached hydrogens (primary N) is 1. The Kier molecular flexibility index (Phi) is 6.19. The van der Waals surface area contributed by atoms with Crippen molar-refractivity contribution in [2.75, 3.05) is 31.6 Å². The van der Waals surface area contributed by atoms with E-state index in [0.717, 1.165) is 21.2 Å². The molecule has 1 saturated heterocycles. The summed E-state index contributed by atoms with van der Waals surface area (Å²) >= 11 is 6.82. The van der Waals surface area contributed by atoms with Gasteiger partial charge in [-0.05, 0) is 41.1 Å². The van der Waals surface area contributed by atoms with Crippen molar-refractivity contribution < 1.29 is 9.53 Å². The summed E-state index contributed by atoms with van der Waals surface area (Å²) in [4.78, 5) is 14.2. The smallest absolute Gasteiger partial charge is 0.238 e. The number of amides is 1. The van der Waals surface area contributed by atoms with E-state index in [2.05, 4.69) is 42.1 Å². The van der Waals surface area contributed by atoms with Gasteiger partial charge in [0.2, 0.25) is 5.91 Å². The molecule has 1 amide bonds. The van der Waals surface area contributed by atoms with Crippen LogP contribution >= 0.6 is 31.9 Å². The fourth-order valence-corrected chi connectivity index (χ4v) is 3.32. The highest BCUT2D eigenvalue weighted by molar-refractivity contribution is 9.11. The molecule has 3 N–H and O–H groups in total. The Balaban J connectivity index is 1.89. The summed E-state index contributed by atoms with van der Waals surface area (Å²) in [5.41, 5.74) is 6.62. The normalized spacial score (nSPS) is 21.0. The lowest BCUT2D eigenvalue weighted by Gasteiger charge is -2.34. The van der Waals surface area contributed by atoms with E-state index in [4.69, 9.17) is 10.5 Å². The molecule has 0 saturated carbocycles. The van der Waals surface area contributed by atoms with Crippen LogP contribution in [0.4, 0.5) is 5.69 Å². The average molecular weight is 421 g/mol. The third-order valence-corrected chi connectivity index (χ3v) is 4.49. The van der Waals surface area contributed by atoms with Crippen molar-refractivity contribution in [1.29, 1.82) is 0 Å². The number of nitrogens with one attached hydrogen (secondary N) is 1. The molecule has 1 aromatic carbocycles. The lowest BCUT2D eigenvalue weighted by molar-refractivity contribution is -0.119. The second-order valence-electron chi connectivity index (χ2n) is 5.18. The fraction of sp³-hybridized carbons (Fsp3) is 0.500. The second-order valence-corrected chi connectivity index (χ2v) is 6.95. The summed E-state index contributed by atoms with van der Waals surface area (Å²) in [5, 5.41) is 2.91. The highest BCUT2D eigenvalue weighted by atomic mass is 79.9. The molecular weight excluding hydrogens is 402 g/mol. The van der Waals surface area contributed by atoms with Gasteiger partial charge in [-0.15, -0.1) is 0 Å². The van der Waals surface area contributed by atoms with E-state index in [1.807, 2.05) is 25.1 Å². The Morgan fingerprint density at radius 1 is 1.57 bits per heavy atom. The van der Waals surface area contributed by atoms with Gasteiger partial charge in [-0.2, -0.15) is 0 Å². The summed E-state index contributed by atoms with van der Waals surface area (Å²) in [5.74, 6) is -0.0386. The van der Waals surface area contributed by atoms with Gasteiger partial charge in [-0.3, -0.25) is 9.69 Å². The number of carbonyl (C=O) groups excluding carboxylic acids is 1. The number of rotatable bonds is 4. The standard InChI is InChI=1S/C14H19Br2N3O2/c1-9(17)13-7-19(4-5-21-13)8-14(20)18-12-3-2-10(15)6-11(12)16/h2-3,6,9,13H,4-5,7-8,17H2,1H3,(H,18,20). The molecule has 0 aliphatic carbocycles. The molecule has 1 aliphatic heterocycles. The van der Waals surface area contributed by atoms with Crippen LogP contribution < -0.4 is 11.1 Å². The molecule has 116 valence electrons. The summed E-state index contributed by atoms with van der Waals surface area (Å²) in [7, 11) is 0. The van der Waals surface area contributed by atoms with Crippen LogP contribution in [0.5, 0.6) is 0 Å². The maximum absolute atomic E-state index is 12.1. The van der Waals surface area contributed by atoms with Gasteiger partial charge in [0.1, 0.15) is 0 Å². The number of halogens is 2. The number of ether oxygens (including phenoxy) is 1. The molecule has 0 radical (unpaired) electrons. The van der Waals surface area contributed by atoms with Crippen molar-refractivity contribution in [3.63, 3.8) is 0 Å². The van der Waals surface area contributed by atoms with E-state index in [-0.39, 0.29) is 18.1 Å². The molecule has 2 rings (SSSR count). The first-order valence-corrected chi connectivity index (χ1v) is 8.38. The van der Waals surface area contributed by atoms with E-state index in [1.165, 1.54) is 0 Å². The Labute approximate surface area is 141 Å². The fourth-order valence-electron chi connectivity index (χ4n) is 2.18. The average Bonchev–Trinajstić information content (AvgIpc) is 2.42. The number of carbonyl (C=O) groups is 1. The number of anilines is 1. The van der Waals surface area contributed by atoms with Crippen LogP contribution in [0.1, 0.15) is 6.92 Å². The van der Waals surface area contributed by atoms with Crippen molar-refractivity contribution in [2.45, 2.75) is 19.1 Å². The van der Waals surface area contributed by atoms with Crippen molar-refractivity contribution in [1.82, 2.24) is 4.90 Å². The number of benzene rings is 1. The van der Waals surface area contributed by atoms with Crippen LogP contribution in [0.25, 0.3) is 0 Å². The number of hydrogen-bond acceptors (Lipinski definition) is 4. The Hall–Kier alpha value is -0.470. The summed E-state index contributed by atoms with van der Waals surface area (Å²) < 4.78 is 7.40. The van der Waals surface area contributed by atoms with Crippen LogP contribution in [-0.4, -0.2) is 49.2 Å². The van der Waals surface area contributed by atoms with Crippen molar-refractivity contribution in [3.05, 3.63) is 27.1 Å². The van der Waals surface area contributed by atoms with Crippen LogP contribution in [0.15, 0.2) is 27.1 Å². The lowest BCUT2D eigenvalue weighted by atomic mass is 10.1. The monoisotopic (exact) mass is 419 g/mol. The molecular formula is C14H19Br2N3O2. The second kappa shape index (κ2) is 7.69. The highest BCUT2D eigenvalue weighted by Crippen LogP contribution is 2.26. The number of morpholine rings is 1. The first-order valence-electron chi connectivity index (χ1n) is 6.80. The Morgan fingerprint density at radius 2 is 2.33 bits per heavy atom. The van der Waals surface area contributed by atoms with Crippen molar-refractivity contribution >= 4 is 43.5 Å². The predicted molar refractivity (Wildman–Crippen MR) is 90.3 cm³/mol. The van der Waals surface area contributed by atoms with Gasteiger partial charge in [-0.25, -0.2) is 0 Å². The third-order valence-electron chi connectivity index (χ3n) is 3.34. The predicted octanol–water partition coefficient (Wildman–Crippen LogP) is 2.20. The topological polar surface area (TPSA) is 67.6 Å². The zero-order valence-corrected chi connectivity index (χ0v) is 15.0. The molecule has 2 atom stereocenters. The zero-order chi connectivity index (χ0) is 15.4. The van der Waals surface area contributed by atoms with Gasteiger partial charge in [0.25, 0.3) is 0 Å². The number of hydrogen-bond donors (Lipinski definition) is 2. The van der Waals surface area contributed by atoms with Gasteiger partial charge in [-0.1, -0.05) is 15.9 Å². The summed E-state index contributed by atoms with van der Waals surface area (Å²) in [6, 6.07) is 5.62. The molecule has 1 aromatic rings. The molecule has 2 unspecified atom stereocenters. The van der Waals surface area contributed by atoms with Crippen molar-refractivity contribution in [2.24, 2.45) is 5.73 Å². The summed E-state index contributed by atoms with van der Waals surface area (Å²) in [6.07, 6.45) is -0.00836. The van der Waals surface area contributed by atoms with Crippen molar-refractivity contribution in [3.8, 4) is 0 Å². The molecule has 0 spiro atoms. The van der Waals surface area contributed by atoms with Gasteiger partial charge in [0.15, 0.2) is 0 Å². The molecule has 7 heteroatoms. The van der Waals surface area contributed by atoms with E-state index in [9.17, 15) is 4.79 Å². The zero-order valence-electron chi connectivity index (χ0n) is 11.8. The van der Waals surface area contributed by atoms with E-state index in [0.29, 0.717) is 19.7 Å². The minimum atomic E-state index is -0.0386. The number of nitrogens with zero attached hydrogens (tertiary/aromatic N) is 1. The SMILES string of the molecule is CC(N)C1CN(CC(=O)Nc2ccc(Br)cc2Br)CCO1. The minimum absolute atomic E-state index is 0.00836. The summed E-state index contributed by atoms with van der Waals surface area (Å²) in [6.45, 7) is 4.31. The Bertz CT molecular complexity index is 511. The largest absolute Gasteiger partial charge is 0.374 e. The van der Waals surface area contributed by atoms with E-state index >= 15 is 0 Å². The molecule has 1 heterocycles. The van der Waals surface area contributed by atoms with E-state index in [1.54, 1.807) is 0 Å². The lowest BCUT2D eigenvalue weighted by Crippen LogP contribution is -2.51. The van der Waals surface area contributed by atoms with Crippen LogP contribution in [0, 0.1) is 0 Å². The molecule has 1 aliphatic rings. The quantitative estimate of drug-likeness (QED) is 0.783. The highest BCUT2D eigenvalue weighted by Gasteiger charge is 2.24. The van der Waals surface area contributed by atoms with Gasteiger partial charge in [0, 0.05) is 28.1 Å². The molecule has 21 heavy (non-hydrogen) atoms. The minimum Gasteiger partial charge on any atom is -0.374 e. The van der Waals surface area contributed by atoms with Crippen LogP contribution in [-0.2, 0) is 9.53 Å². The van der Waals surface area contributed by atoms with Crippen LogP contribution in [0.3, 0.4) is 0 Å². The van der Waals surface area contributed by atoms with Gasteiger partial charge < -0.3 is 15.8 Å². The molecule has 0 aromatic heterocycles. The Morgan fingerprint density at radius 3 is 3.00 bits per heavy atom. The molecule has 0 bridgehead atoms. The molecule has 5 nitrogen and oxygen atoms in total.